The van der Waals surface area contributed by atoms with E-state index >= 15 is 0 Å². The fourth-order valence-corrected chi connectivity index (χ4v) is 2.45. The highest BCUT2D eigenvalue weighted by molar-refractivity contribution is 5.80. The topological polar surface area (TPSA) is 46.6 Å². The van der Waals surface area contributed by atoms with Crippen LogP contribution in [0.25, 0.3) is 0 Å². The fraction of sp³-hybridized carbons (Fsp3) is 0.467. The normalized spacial score (nSPS) is 18.4. The Balaban J connectivity index is 1.87. The third-order valence-electron chi connectivity index (χ3n) is 3.33. The van der Waals surface area contributed by atoms with E-state index in [2.05, 4.69) is 0 Å². The van der Waals surface area contributed by atoms with Gasteiger partial charge in [-0.05, 0) is 31.9 Å². The molecular formula is C15H19NO3. The number of hydrogen-bond donors (Lipinski definition) is 0. The van der Waals surface area contributed by atoms with Gasteiger partial charge in [0.1, 0.15) is 11.5 Å². The van der Waals surface area contributed by atoms with Crippen molar-refractivity contribution in [2.24, 2.45) is 0 Å². The van der Waals surface area contributed by atoms with Gasteiger partial charge < -0.3 is 9.64 Å². The third-order valence-corrected chi connectivity index (χ3v) is 3.33. The van der Waals surface area contributed by atoms with E-state index in [0.717, 1.165) is 19.4 Å². The number of Topliss-reactive ketones (excluding diaryl/α,β-unsaturated/α-hetero) is 1. The standard InChI is InChI=1S/C15H19NO3/c1-12(17)10-13-6-5-9-16(13)15(18)11-19-14-7-3-2-4-8-14/h2-4,7-8,13H,5-6,9-11H2,1H3. The second-order valence-corrected chi connectivity index (χ2v) is 4.89. The van der Waals surface area contributed by atoms with Crippen LogP contribution in [0.1, 0.15) is 26.2 Å². The number of ketones is 1. The van der Waals surface area contributed by atoms with Crippen molar-refractivity contribution in [1.82, 2.24) is 4.90 Å². The molecule has 4 nitrogen and oxygen atoms in total. The van der Waals surface area contributed by atoms with Crippen LogP contribution in [0.4, 0.5) is 0 Å². The lowest BCUT2D eigenvalue weighted by atomic mass is 10.1. The highest BCUT2D eigenvalue weighted by Crippen LogP contribution is 2.20. The molecule has 2 rings (SSSR count). The molecule has 1 aliphatic heterocycles. The molecule has 0 N–H and O–H groups in total. The Hall–Kier alpha value is -1.84. The Labute approximate surface area is 113 Å². The van der Waals surface area contributed by atoms with Crippen molar-refractivity contribution >= 4 is 11.7 Å². The number of hydrogen-bond acceptors (Lipinski definition) is 3. The molecule has 1 unspecified atom stereocenters. The Morgan fingerprint density at radius 1 is 1.32 bits per heavy atom. The molecule has 19 heavy (non-hydrogen) atoms. The Morgan fingerprint density at radius 3 is 2.74 bits per heavy atom. The van der Waals surface area contributed by atoms with Gasteiger partial charge in [0.15, 0.2) is 6.61 Å². The first-order valence-electron chi connectivity index (χ1n) is 6.63. The molecule has 1 aliphatic rings. The Bertz CT molecular complexity index is 444. The number of carbonyl (C=O) groups is 2. The van der Waals surface area contributed by atoms with Crippen molar-refractivity contribution in [3.05, 3.63) is 30.3 Å². The lowest BCUT2D eigenvalue weighted by Crippen LogP contribution is -2.39. The van der Waals surface area contributed by atoms with E-state index in [4.69, 9.17) is 4.74 Å². The van der Waals surface area contributed by atoms with E-state index in [1.54, 1.807) is 11.8 Å². The van der Waals surface area contributed by atoms with Crippen molar-refractivity contribution in [1.29, 1.82) is 0 Å². The van der Waals surface area contributed by atoms with Gasteiger partial charge in [0.25, 0.3) is 5.91 Å². The van der Waals surface area contributed by atoms with Crippen LogP contribution in [0.2, 0.25) is 0 Å². The average Bonchev–Trinajstić information content (AvgIpc) is 2.84. The Morgan fingerprint density at radius 2 is 2.05 bits per heavy atom. The molecule has 1 amide bonds. The first-order chi connectivity index (χ1) is 9.16. The van der Waals surface area contributed by atoms with E-state index in [1.165, 1.54) is 0 Å². The molecule has 1 heterocycles. The largest absolute Gasteiger partial charge is 0.484 e. The molecule has 102 valence electrons. The van der Waals surface area contributed by atoms with Gasteiger partial charge in [0, 0.05) is 19.0 Å². The van der Waals surface area contributed by atoms with E-state index in [9.17, 15) is 9.59 Å². The van der Waals surface area contributed by atoms with Gasteiger partial charge in [-0.25, -0.2) is 0 Å². The minimum absolute atomic E-state index is 0.0346. The lowest BCUT2D eigenvalue weighted by Gasteiger charge is -2.23. The molecule has 1 saturated heterocycles. The molecule has 0 spiro atoms. The summed E-state index contributed by atoms with van der Waals surface area (Å²) in [6, 6.07) is 9.35. The molecule has 0 bridgehead atoms. The molecule has 1 atom stereocenters. The second-order valence-electron chi connectivity index (χ2n) is 4.89. The number of carbonyl (C=O) groups excluding carboxylic acids is 2. The van der Waals surface area contributed by atoms with Gasteiger partial charge in [0.2, 0.25) is 0 Å². The molecule has 4 heteroatoms. The lowest BCUT2D eigenvalue weighted by molar-refractivity contribution is -0.134. The van der Waals surface area contributed by atoms with Gasteiger partial charge >= 0.3 is 0 Å². The third kappa shape index (κ3) is 3.81. The van der Waals surface area contributed by atoms with Crippen LogP contribution in [0.5, 0.6) is 5.75 Å². The number of amides is 1. The molecule has 0 saturated carbocycles. The molecule has 0 aromatic heterocycles. The van der Waals surface area contributed by atoms with Crippen molar-refractivity contribution in [2.75, 3.05) is 13.2 Å². The number of rotatable bonds is 5. The van der Waals surface area contributed by atoms with Crippen LogP contribution < -0.4 is 4.74 Å². The monoisotopic (exact) mass is 261 g/mol. The summed E-state index contributed by atoms with van der Waals surface area (Å²) in [6.45, 7) is 2.34. The first-order valence-corrected chi connectivity index (χ1v) is 6.63. The number of ether oxygens (including phenoxy) is 1. The predicted molar refractivity (Wildman–Crippen MR) is 72.0 cm³/mol. The number of benzene rings is 1. The van der Waals surface area contributed by atoms with Gasteiger partial charge in [-0.2, -0.15) is 0 Å². The average molecular weight is 261 g/mol. The summed E-state index contributed by atoms with van der Waals surface area (Å²) >= 11 is 0. The summed E-state index contributed by atoms with van der Waals surface area (Å²) in [4.78, 5) is 25.1. The van der Waals surface area contributed by atoms with Crippen molar-refractivity contribution in [2.45, 2.75) is 32.2 Å². The van der Waals surface area contributed by atoms with Crippen molar-refractivity contribution in [3.8, 4) is 5.75 Å². The van der Waals surface area contributed by atoms with Gasteiger partial charge in [-0.1, -0.05) is 18.2 Å². The molecular weight excluding hydrogens is 242 g/mol. The second kappa shape index (κ2) is 6.36. The minimum Gasteiger partial charge on any atom is -0.484 e. The van der Waals surface area contributed by atoms with E-state index < -0.39 is 0 Å². The van der Waals surface area contributed by atoms with Gasteiger partial charge in [-0.15, -0.1) is 0 Å². The van der Waals surface area contributed by atoms with E-state index in [0.29, 0.717) is 12.2 Å². The SMILES string of the molecule is CC(=O)CC1CCCN1C(=O)COc1ccccc1. The summed E-state index contributed by atoms with van der Waals surface area (Å²) in [5.74, 6) is 0.791. The highest BCUT2D eigenvalue weighted by atomic mass is 16.5. The van der Waals surface area contributed by atoms with Crippen LogP contribution in [0.3, 0.4) is 0 Å². The summed E-state index contributed by atoms with van der Waals surface area (Å²) in [5, 5.41) is 0. The molecule has 0 aliphatic carbocycles. The van der Waals surface area contributed by atoms with Crippen LogP contribution in [0.15, 0.2) is 30.3 Å². The van der Waals surface area contributed by atoms with Crippen LogP contribution in [-0.4, -0.2) is 35.8 Å². The van der Waals surface area contributed by atoms with Crippen LogP contribution in [0, 0.1) is 0 Å². The highest BCUT2D eigenvalue weighted by Gasteiger charge is 2.29. The molecule has 1 aromatic carbocycles. The molecule has 1 aromatic rings. The first kappa shape index (κ1) is 13.6. The van der Waals surface area contributed by atoms with Crippen LogP contribution >= 0.6 is 0 Å². The smallest absolute Gasteiger partial charge is 0.260 e. The van der Waals surface area contributed by atoms with E-state index in [-0.39, 0.29) is 24.3 Å². The molecule has 1 fully saturated rings. The number of nitrogens with zero attached hydrogens (tertiary/aromatic N) is 1. The van der Waals surface area contributed by atoms with Crippen molar-refractivity contribution < 1.29 is 14.3 Å². The minimum atomic E-state index is -0.0346. The van der Waals surface area contributed by atoms with Crippen LogP contribution in [-0.2, 0) is 9.59 Å². The maximum absolute atomic E-state index is 12.1. The number of likely N-dealkylation sites (tertiary alicyclic amines) is 1. The zero-order valence-electron chi connectivity index (χ0n) is 11.2. The van der Waals surface area contributed by atoms with Gasteiger partial charge in [0.05, 0.1) is 0 Å². The summed E-state index contributed by atoms with van der Waals surface area (Å²) in [7, 11) is 0. The summed E-state index contributed by atoms with van der Waals surface area (Å²) in [5.41, 5.74) is 0. The zero-order chi connectivity index (χ0) is 13.7. The maximum atomic E-state index is 12.1. The zero-order valence-corrected chi connectivity index (χ0v) is 11.2. The van der Waals surface area contributed by atoms with E-state index in [1.807, 2.05) is 30.3 Å². The maximum Gasteiger partial charge on any atom is 0.260 e. The summed E-state index contributed by atoms with van der Waals surface area (Å²) < 4.78 is 5.46. The number of para-hydroxylation sites is 1. The fourth-order valence-electron chi connectivity index (χ4n) is 2.45. The summed E-state index contributed by atoms with van der Waals surface area (Å²) in [6.07, 6.45) is 2.34. The quantitative estimate of drug-likeness (QED) is 0.814. The van der Waals surface area contributed by atoms with Gasteiger partial charge in [-0.3, -0.25) is 9.59 Å². The van der Waals surface area contributed by atoms with Crippen molar-refractivity contribution in [3.63, 3.8) is 0 Å². The predicted octanol–water partition coefficient (Wildman–Crippen LogP) is 2.04. The molecule has 0 radical (unpaired) electrons. The Kier molecular flexibility index (Phi) is 4.55.